The molecule has 5 nitrogen and oxygen atoms in total. The summed E-state index contributed by atoms with van der Waals surface area (Å²) in [5.74, 6) is -0.336. The average molecular weight is 361 g/mol. The molecule has 0 spiro atoms. The standard InChI is InChI=1S/C19H21ClN2O3/c1-12-13(20)8-7-10-14(12)21-17(23)19(2,3)18(24)22-15-9-5-6-11-16(15)25-4/h5-11H,1-4H3,(H,21,23)(H,22,24). The van der Waals surface area contributed by atoms with Crippen LogP contribution < -0.4 is 15.4 Å². The monoisotopic (exact) mass is 360 g/mol. The second kappa shape index (κ2) is 7.57. The summed E-state index contributed by atoms with van der Waals surface area (Å²) in [6.07, 6.45) is 0. The maximum atomic E-state index is 12.6. The third kappa shape index (κ3) is 4.12. The summed E-state index contributed by atoms with van der Waals surface area (Å²) in [5.41, 5.74) is 0.541. The van der Waals surface area contributed by atoms with E-state index in [1.807, 2.05) is 0 Å². The summed E-state index contributed by atoms with van der Waals surface area (Å²) in [5, 5.41) is 6.06. The zero-order chi connectivity index (χ0) is 18.6. The molecule has 132 valence electrons. The van der Waals surface area contributed by atoms with Gasteiger partial charge in [0.2, 0.25) is 11.8 Å². The van der Waals surface area contributed by atoms with Crippen LogP contribution in [-0.2, 0) is 9.59 Å². The highest BCUT2D eigenvalue weighted by atomic mass is 35.5. The Hall–Kier alpha value is -2.53. The van der Waals surface area contributed by atoms with Gasteiger partial charge in [-0.1, -0.05) is 29.8 Å². The fourth-order valence-corrected chi connectivity index (χ4v) is 2.33. The summed E-state index contributed by atoms with van der Waals surface area (Å²) >= 11 is 6.07. The van der Waals surface area contributed by atoms with Crippen LogP contribution in [0.2, 0.25) is 5.02 Å². The number of hydrogen-bond acceptors (Lipinski definition) is 3. The number of carbonyl (C=O) groups excluding carboxylic acids is 2. The Morgan fingerprint density at radius 2 is 1.52 bits per heavy atom. The molecule has 2 rings (SSSR count). The van der Waals surface area contributed by atoms with E-state index >= 15 is 0 Å². The maximum absolute atomic E-state index is 12.6. The number of nitrogens with one attached hydrogen (secondary N) is 2. The molecule has 0 aliphatic heterocycles. The van der Waals surface area contributed by atoms with E-state index in [4.69, 9.17) is 16.3 Å². The van der Waals surface area contributed by atoms with E-state index in [0.29, 0.717) is 22.1 Å². The Labute approximate surface area is 152 Å². The molecule has 0 saturated heterocycles. The van der Waals surface area contributed by atoms with Gasteiger partial charge >= 0.3 is 0 Å². The van der Waals surface area contributed by atoms with Crippen molar-refractivity contribution in [1.82, 2.24) is 0 Å². The summed E-state index contributed by atoms with van der Waals surface area (Å²) in [4.78, 5) is 25.3. The molecule has 6 heteroatoms. The molecule has 0 heterocycles. The Morgan fingerprint density at radius 1 is 0.960 bits per heavy atom. The first-order chi connectivity index (χ1) is 11.8. The van der Waals surface area contributed by atoms with Crippen molar-refractivity contribution in [3.63, 3.8) is 0 Å². The highest BCUT2D eigenvalue weighted by Crippen LogP contribution is 2.28. The van der Waals surface area contributed by atoms with Crippen molar-refractivity contribution in [2.75, 3.05) is 17.7 Å². The smallest absolute Gasteiger partial charge is 0.239 e. The van der Waals surface area contributed by atoms with Gasteiger partial charge in [0.25, 0.3) is 0 Å². The van der Waals surface area contributed by atoms with Gasteiger partial charge in [0.1, 0.15) is 11.2 Å². The van der Waals surface area contributed by atoms with Crippen LogP contribution in [-0.4, -0.2) is 18.9 Å². The lowest BCUT2D eigenvalue weighted by Gasteiger charge is -2.24. The van der Waals surface area contributed by atoms with Crippen LogP contribution in [0.1, 0.15) is 19.4 Å². The van der Waals surface area contributed by atoms with E-state index in [1.54, 1.807) is 63.2 Å². The summed E-state index contributed by atoms with van der Waals surface area (Å²) in [6, 6.07) is 12.3. The van der Waals surface area contributed by atoms with Gasteiger partial charge in [-0.2, -0.15) is 0 Å². The zero-order valence-corrected chi connectivity index (χ0v) is 15.4. The number of methoxy groups -OCH3 is 1. The topological polar surface area (TPSA) is 67.4 Å². The normalized spacial score (nSPS) is 10.9. The number of halogens is 1. The van der Waals surface area contributed by atoms with Crippen LogP contribution in [0.5, 0.6) is 5.75 Å². The number of carbonyl (C=O) groups is 2. The van der Waals surface area contributed by atoms with E-state index < -0.39 is 17.2 Å². The van der Waals surface area contributed by atoms with Crippen molar-refractivity contribution in [2.24, 2.45) is 5.41 Å². The number of anilines is 2. The number of amides is 2. The van der Waals surface area contributed by atoms with E-state index in [-0.39, 0.29) is 0 Å². The molecule has 2 aromatic rings. The highest BCUT2D eigenvalue weighted by Gasteiger charge is 2.36. The molecule has 0 radical (unpaired) electrons. The van der Waals surface area contributed by atoms with Gasteiger partial charge in [0.05, 0.1) is 12.8 Å². The minimum atomic E-state index is -1.30. The number of benzene rings is 2. The lowest BCUT2D eigenvalue weighted by Crippen LogP contribution is -2.41. The SMILES string of the molecule is COc1ccccc1NC(=O)C(C)(C)C(=O)Nc1cccc(Cl)c1C. The molecule has 0 aliphatic carbocycles. The Balaban J connectivity index is 2.17. The predicted molar refractivity (Wildman–Crippen MR) is 100 cm³/mol. The van der Waals surface area contributed by atoms with Crippen LogP contribution in [0.3, 0.4) is 0 Å². The molecule has 0 aromatic heterocycles. The zero-order valence-electron chi connectivity index (χ0n) is 14.6. The summed E-state index contributed by atoms with van der Waals surface area (Å²) < 4.78 is 5.21. The van der Waals surface area contributed by atoms with Crippen molar-refractivity contribution < 1.29 is 14.3 Å². The number of hydrogen-bond donors (Lipinski definition) is 2. The highest BCUT2D eigenvalue weighted by molar-refractivity contribution is 6.31. The predicted octanol–water partition coefficient (Wildman–Crippen LogP) is 4.26. The van der Waals surface area contributed by atoms with Crippen LogP contribution in [0.25, 0.3) is 0 Å². The van der Waals surface area contributed by atoms with Gasteiger partial charge in [0.15, 0.2) is 0 Å². The molecule has 0 fully saturated rings. The lowest BCUT2D eigenvalue weighted by atomic mass is 9.90. The van der Waals surface area contributed by atoms with Gasteiger partial charge < -0.3 is 15.4 Å². The second-order valence-electron chi connectivity index (χ2n) is 6.15. The van der Waals surface area contributed by atoms with Crippen LogP contribution in [0.4, 0.5) is 11.4 Å². The average Bonchev–Trinajstić information content (AvgIpc) is 2.59. The molecule has 2 N–H and O–H groups in total. The van der Waals surface area contributed by atoms with Gasteiger partial charge in [-0.05, 0) is 50.6 Å². The van der Waals surface area contributed by atoms with Crippen molar-refractivity contribution in [3.05, 3.63) is 53.1 Å². The molecule has 2 aromatic carbocycles. The molecular weight excluding hydrogens is 340 g/mol. The minimum absolute atomic E-state index is 0.426. The first-order valence-corrected chi connectivity index (χ1v) is 8.16. The second-order valence-corrected chi connectivity index (χ2v) is 6.55. The maximum Gasteiger partial charge on any atom is 0.239 e. The minimum Gasteiger partial charge on any atom is -0.495 e. The van der Waals surface area contributed by atoms with Crippen LogP contribution in [0, 0.1) is 12.3 Å². The van der Waals surface area contributed by atoms with E-state index in [2.05, 4.69) is 10.6 Å². The van der Waals surface area contributed by atoms with Crippen molar-refractivity contribution in [2.45, 2.75) is 20.8 Å². The van der Waals surface area contributed by atoms with Gasteiger partial charge in [-0.25, -0.2) is 0 Å². The molecule has 25 heavy (non-hydrogen) atoms. The number of rotatable bonds is 5. The largest absolute Gasteiger partial charge is 0.495 e. The molecule has 0 aliphatic rings. The Kier molecular flexibility index (Phi) is 5.69. The molecule has 2 amide bonds. The Bertz CT molecular complexity index is 803. The van der Waals surface area contributed by atoms with Gasteiger partial charge in [-0.15, -0.1) is 0 Å². The van der Waals surface area contributed by atoms with Gasteiger partial charge in [0, 0.05) is 10.7 Å². The summed E-state index contributed by atoms with van der Waals surface area (Å²) in [7, 11) is 1.52. The third-order valence-electron chi connectivity index (χ3n) is 4.01. The van der Waals surface area contributed by atoms with Crippen LogP contribution in [0.15, 0.2) is 42.5 Å². The molecule has 0 unspecified atom stereocenters. The number of ether oxygens (including phenoxy) is 1. The van der Waals surface area contributed by atoms with Gasteiger partial charge in [-0.3, -0.25) is 9.59 Å². The van der Waals surface area contributed by atoms with Crippen LogP contribution >= 0.6 is 11.6 Å². The van der Waals surface area contributed by atoms with E-state index in [9.17, 15) is 9.59 Å². The quantitative estimate of drug-likeness (QED) is 0.783. The first kappa shape index (κ1) is 18.8. The number of para-hydroxylation sites is 2. The third-order valence-corrected chi connectivity index (χ3v) is 4.42. The fourth-order valence-electron chi connectivity index (χ4n) is 2.15. The first-order valence-electron chi connectivity index (χ1n) is 7.78. The molecule has 0 saturated carbocycles. The van der Waals surface area contributed by atoms with E-state index in [1.165, 1.54) is 7.11 Å². The Morgan fingerprint density at radius 3 is 2.16 bits per heavy atom. The van der Waals surface area contributed by atoms with Crippen molar-refractivity contribution in [1.29, 1.82) is 0 Å². The molecule has 0 atom stereocenters. The fraction of sp³-hybridized carbons (Fsp3) is 0.263. The summed E-state index contributed by atoms with van der Waals surface area (Å²) in [6.45, 7) is 4.93. The molecular formula is C19H21ClN2O3. The lowest BCUT2D eigenvalue weighted by molar-refractivity contribution is -0.135. The van der Waals surface area contributed by atoms with Crippen molar-refractivity contribution in [3.8, 4) is 5.75 Å². The van der Waals surface area contributed by atoms with Crippen molar-refractivity contribution >= 4 is 34.8 Å². The van der Waals surface area contributed by atoms with E-state index in [0.717, 1.165) is 5.56 Å². The molecule has 0 bridgehead atoms.